The van der Waals surface area contributed by atoms with Crippen molar-refractivity contribution in [2.75, 3.05) is 13.7 Å². The molecular formula is C23H29NO4. The van der Waals surface area contributed by atoms with E-state index in [1.165, 1.54) is 7.11 Å². The summed E-state index contributed by atoms with van der Waals surface area (Å²) in [4.78, 5) is 37.4. The van der Waals surface area contributed by atoms with Crippen LogP contribution in [0, 0.1) is 0 Å². The molecule has 1 unspecified atom stereocenters. The van der Waals surface area contributed by atoms with Crippen molar-refractivity contribution < 1.29 is 19.1 Å². The normalized spacial score (nSPS) is 17.4. The first kappa shape index (κ1) is 21.6. The largest absolute Gasteiger partial charge is 0.469 e. The number of benzene rings is 1. The van der Waals surface area contributed by atoms with Crippen LogP contribution in [-0.4, -0.2) is 42.3 Å². The third-order valence-electron chi connectivity index (χ3n) is 4.78. The summed E-state index contributed by atoms with van der Waals surface area (Å²) in [5.74, 6) is -0.0388. The summed E-state index contributed by atoms with van der Waals surface area (Å²) in [7, 11) is 1.39. The van der Waals surface area contributed by atoms with Gasteiger partial charge in [0.15, 0.2) is 5.78 Å². The lowest BCUT2D eigenvalue weighted by Crippen LogP contribution is -2.42. The van der Waals surface area contributed by atoms with Gasteiger partial charge in [-0.2, -0.15) is 0 Å². The number of hydrogen-bond donors (Lipinski definition) is 0. The van der Waals surface area contributed by atoms with Crippen molar-refractivity contribution in [2.24, 2.45) is 0 Å². The molecule has 0 N–H and O–H groups in total. The molecule has 1 amide bonds. The monoisotopic (exact) mass is 383 g/mol. The molecular weight excluding hydrogens is 354 g/mol. The van der Waals surface area contributed by atoms with Crippen LogP contribution in [0.4, 0.5) is 0 Å². The number of piperidine rings is 1. The predicted molar refractivity (Wildman–Crippen MR) is 109 cm³/mol. The number of likely N-dealkylation sites (tertiary alicyclic amines) is 1. The van der Waals surface area contributed by atoms with Crippen LogP contribution in [0.3, 0.4) is 0 Å². The van der Waals surface area contributed by atoms with Crippen molar-refractivity contribution in [3.63, 3.8) is 0 Å². The number of esters is 1. The minimum Gasteiger partial charge on any atom is -0.469 e. The fourth-order valence-electron chi connectivity index (χ4n) is 3.23. The zero-order valence-corrected chi connectivity index (χ0v) is 16.5. The van der Waals surface area contributed by atoms with E-state index >= 15 is 0 Å². The summed E-state index contributed by atoms with van der Waals surface area (Å²) in [6.45, 7) is 0.527. The molecule has 0 radical (unpaired) electrons. The summed E-state index contributed by atoms with van der Waals surface area (Å²) in [6.07, 6.45) is 12.0. The van der Waals surface area contributed by atoms with E-state index in [9.17, 15) is 14.4 Å². The van der Waals surface area contributed by atoms with Crippen molar-refractivity contribution in [1.29, 1.82) is 0 Å². The van der Waals surface area contributed by atoms with Gasteiger partial charge < -0.3 is 9.64 Å². The smallest absolute Gasteiger partial charge is 0.305 e. The molecule has 5 nitrogen and oxygen atoms in total. The second kappa shape index (κ2) is 11.9. The predicted octanol–water partition coefficient (Wildman–Crippen LogP) is 3.64. The van der Waals surface area contributed by atoms with Crippen LogP contribution in [0.2, 0.25) is 0 Å². The highest BCUT2D eigenvalue weighted by atomic mass is 16.5. The molecule has 5 heteroatoms. The Labute approximate surface area is 167 Å². The minimum atomic E-state index is -0.204. The van der Waals surface area contributed by atoms with Crippen LogP contribution in [0.25, 0.3) is 0 Å². The number of ketones is 1. The number of amides is 1. The maximum absolute atomic E-state index is 12.3. The van der Waals surface area contributed by atoms with Gasteiger partial charge in [-0.3, -0.25) is 14.4 Å². The van der Waals surface area contributed by atoms with Crippen LogP contribution < -0.4 is 0 Å². The number of carbonyl (C=O) groups excluding carboxylic acids is 3. The molecule has 0 aromatic heterocycles. The van der Waals surface area contributed by atoms with Gasteiger partial charge in [0, 0.05) is 25.8 Å². The Morgan fingerprint density at radius 2 is 2.00 bits per heavy atom. The fourth-order valence-corrected chi connectivity index (χ4v) is 3.23. The van der Waals surface area contributed by atoms with Gasteiger partial charge in [0.2, 0.25) is 5.91 Å². The number of methoxy groups -OCH3 is 1. The summed E-state index contributed by atoms with van der Waals surface area (Å²) in [5, 5.41) is 0. The lowest BCUT2D eigenvalue weighted by atomic mass is 10.00. The molecule has 0 saturated carbocycles. The van der Waals surface area contributed by atoms with Gasteiger partial charge in [0.05, 0.1) is 13.2 Å². The van der Waals surface area contributed by atoms with Gasteiger partial charge in [-0.1, -0.05) is 48.6 Å². The van der Waals surface area contributed by atoms with E-state index in [0.717, 1.165) is 31.2 Å². The van der Waals surface area contributed by atoms with Gasteiger partial charge in [-0.25, -0.2) is 0 Å². The van der Waals surface area contributed by atoms with Crippen LogP contribution in [0.5, 0.6) is 0 Å². The molecule has 1 aliphatic rings. The first-order chi connectivity index (χ1) is 13.6. The van der Waals surface area contributed by atoms with Gasteiger partial charge in [0.25, 0.3) is 0 Å². The topological polar surface area (TPSA) is 63.7 Å². The third kappa shape index (κ3) is 7.51. The van der Waals surface area contributed by atoms with Crippen LogP contribution >= 0.6 is 0 Å². The number of carbonyl (C=O) groups is 3. The second-order valence-corrected chi connectivity index (χ2v) is 6.93. The van der Waals surface area contributed by atoms with E-state index in [1.807, 2.05) is 53.5 Å². The van der Waals surface area contributed by atoms with Crippen molar-refractivity contribution in [3.05, 3.63) is 60.2 Å². The fraction of sp³-hybridized carbons (Fsp3) is 0.435. The highest BCUT2D eigenvalue weighted by Crippen LogP contribution is 2.19. The molecule has 1 aromatic carbocycles. The average molecular weight is 383 g/mol. The van der Waals surface area contributed by atoms with Crippen molar-refractivity contribution in [2.45, 2.75) is 51.0 Å². The molecule has 2 rings (SSSR count). The van der Waals surface area contributed by atoms with Crippen LogP contribution in [0.1, 0.15) is 44.1 Å². The quantitative estimate of drug-likeness (QED) is 0.268. The van der Waals surface area contributed by atoms with E-state index in [4.69, 9.17) is 0 Å². The molecule has 1 aromatic rings. The Morgan fingerprint density at radius 1 is 1.21 bits per heavy atom. The number of unbranched alkanes of at least 4 members (excludes halogenated alkanes) is 1. The van der Waals surface area contributed by atoms with Gasteiger partial charge >= 0.3 is 5.97 Å². The van der Waals surface area contributed by atoms with Gasteiger partial charge in [-0.15, -0.1) is 0 Å². The number of nitrogens with zero attached hydrogens (tertiary/aromatic N) is 1. The number of ether oxygens (including phenoxy) is 1. The van der Waals surface area contributed by atoms with Gasteiger partial charge in [0.1, 0.15) is 0 Å². The minimum absolute atomic E-state index is 0.0410. The first-order valence-electron chi connectivity index (χ1n) is 9.86. The molecule has 1 fully saturated rings. The molecule has 1 aliphatic heterocycles. The van der Waals surface area contributed by atoms with Crippen molar-refractivity contribution in [1.82, 2.24) is 4.90 Å². The van der Waals surface area contributed by atoms with Gasteiger partial charge in [-0.05, 0) is 37.3 Å². The average Bonchev–Trinajstić information content (AvgIpc) is 2.70. The summed E-state index contributed by atoms with van der Waals surface area (Å²) in [6, 6.07) is 9.61. The second-order valence-electron chi connectivity index (χ2n) is 6.93. The van der Waals surface area contributed by atoms with E-state index in [-0.39, 0.29) is 23.7 Å². The van der Waals surface area contributed by atoms with Crippen molar-refractivity contribution in [3.8, 4) is 0 Å². The molecule has 1 atom stereocenters. The number of allylic oxidation sites excluding steroid dienone is 2. The Hall–Kier alpha value is -2.69. The molecule has 1 saturated heterocycles. The van der Waals surface area contributed by atoms with Crippen LogP contribution in [0.15, 0.2) is 54.6 Å². The van der Waals surface area contributed by atoms with E-state index < -0.39 is 0 Å². The molecule has 0 bridgehead atoms. The summed E-state index contributed by atoms with van der Waals surface area (Å²) >= 11 is 0. The zero-order valence-electron chi connectivity index (χ0n) is 16.5. The van der Waals surface area contributed by atoms with E-state index in [2.05, 4.69) is 4.74 Å². The Balaban J connectivity index is 1.84. The van der Waals surface area contributed by atoms with Crippen LogP contribution in [-0.2, 0) is 25.5 Å². The lowest BCUT2D eigenvalue weighted by molar-refractivity contribution is -0.140. The summed E-state index contributed by atoms with van der Waals surface area (Å²) in [5.41, 5.74) is 0.989. The molecule has 1 heterocycles. The summed E-state index contributed by atoms with van der Waals surface area (Å²) < 4.78 is 4.61. The third-order valence-corrected chi connectivity index (χ3v) is 4.78. The number of rotatable bonds is 10. The Bertz CT molecular complexity index is 709. The molecule has 0 spiro atoms. The SMILES string of the molecule is COC(=O)CCC/C=C\CN1C(=O)CCCC1C=CC(=O)Cc1ccccc1. The van der Waals surface area contributed by atoms with Crippen molar-refractivity contribution >= 4 is 17.7 Å². The Morgan fingerprint density at radius 3 is 2.75 bits per heavy atom. The lowest BCUT2D eigenvalue weighted by Gasteiger charge is -2.33. The Kier molecular flexibility index (Phi) is 9.19. The molecule has 0 aliphatic carbocycles. The highest BCUT2D eigenvalue weighted by molar-refractivity contribution is 5.91. The van der Waals surface area contributed by atoms with E-state index in [1.54, 1.807) is 6.08 Å². The molecule has 28 heavy (non-hydrogen) atoms. The maximum atomic E-state index is 12.3. The number of hydrogen-bond acceptors (Lipinski definition) is 4. The maximum Gasteiger partial charge on any atom is 0.305 e. The standard InChI is InChI=1S/C23H29NO4/c1-28-23(27)14-7-2-3-8-17-24-20(12-9-13-22(24)26)15-16-21(25)18-19-10-5-4-6-11-19/h3-6,8,10-11,15-16,20H,2,7,9,12-14,17-18H2,1H3/b8-3-,16-15?. The molecule has 150 valence electrons. The highest BCUT2D eigenvalue weighted by Gasteiger charge is 2.25. The zero-order chi connectivity index (χ0) is 20.2. The van der Waals surface area contributed by atoms with E-state index in [0.29, 0.717) is 25.8 Å². The first-order valence-corrected chi connectivity index (χ1v) is 9.86.